The van der Waals surface area contributed by atoms with Crippen LogP contribution in [0, 0.1) is 5.92 Å². The number of hydrogen-bond acceptors (Lipinski definition) is 6. The van der Waals surface area contributed by atoms with E-state index in [9.17, 15) is 8.42 Å². The molecule has 0 spiro atoms. The lowest BCUT2D eigenvalue weighted by atomic mass is 10.1. The molecule has 3 N–H and O–H groups in total. The number of anilines is 1. The van der Waals surface area contributed by atoms with Gasteiger partial charge in [-0.1, -0.05) is 51.1 Å². The topological polar surface area (TPSA) is 112 Å². The summed E-state index contributed by atoms with van der Waals surface area (Å²) in [6.45, 7) is 11.1. The number of nitrogens with zero attached hydrogens (tertiary/aromatic N) is 3. The van der Waals surface area contributed by atoms with Crippen LogP contribution in [0.2, 0.25) is 18.1 Å². The molecule has 10 heteroatoms. The molecule has 2 aliphatic carbocycles. The lowest BCUT2D eigenvalue weighted by molar-refractivity contribution is 0.157. The van der Waals surface area contributed by atoms with Gasteiger partial charge in [0.1, 0.15) is 17.8 Å². The van der Waals surface area contributed by atoms with Crippen molar-refractivity contribution in [1.82, 2.24) is 14.5 Å². The molecule has 1 aromatic carbocycles. The molecule has 4 atom stereocenters. The van der Waals surface area contributed by atoms with Crippen molar-refractivity contribution in [3.8, 4) is 0 Å². The molecule has 8 nitrogen and oxygen atoms in total. The van der Waals surface area contributed by atoms with Crippen molar-refractivity contribution in [2.45, 2.75) is 82.8 Å². The highest BCUT2D eigenvalue weighted by atomic mass is 32.2. The van der Waals surface area contributed by atoms with Gasteiger partial charge in [-0.3, -0.25) is 0 Å². The largest absolute Gasteiger partial charge is 0.413 e. The fourth-order valence-electron chi connectivity index (χ4n) is 5.59. The first-order valence-corrected chi connectivity index (χ1v) is 17.9. The van der Waals surface area contributed by atoms with Crippen LogP contribution in [0.5, 0.6) is 0 Å². The van der Waals surface area contributed by atoms with Gasteiger partial charge in [0.2, 0.25) is 10.0 Å². The second kappa shape index (κ2) is 9.89. The highest BCUT2D eigenvalue weighted by molar-refractivity contribution is 7.92. The molecule has 1 saturated carbocycles. The predicted octanol–water partition coefficient (Wildman–Crippen LogP) is 5.67. The Balaban J connectivity index is 1.42. The van der Waals surface area contributed by atoms with E-state index in [-0.39, 0.29) is 29.1 Å². The lowest BCUT2D eigenvalue weighted by Crippen LogP contribution is -2.44. The monoisotopic (exact) mass is 553 g/mol. The number of nitrogens with one attached hydrogen (secondary N) is 1. The minimum Gasteiger partial charge on any atom is -0.413 e. The Morgan fingerprint density at radius 2 is 1.92 bits per heavy atom. The van der Waals surface area contributed by atoms with E-state index >= 15 is 0 Å². The Morgan fingerprint density at radius 1 is 1.16 bits per heavy atom. The molecule has 2 aromatic heterocycles. The van der Waals surface area contributed by atoms with Crippen molar-refractivity contribution < 1.29 is 12.8 Å². The number of sulfonamides is 1. The third-order valence-electron chi connectivity index (χ3n) is 8.64. The van der Waals surface area contributed by atoms with Gasteiger partial charge >= 0.3 is 0 Å². The Labute approximate surface area is 226 Å². The molecule has 0 bridgehead atoms. The van der Waals surface area contributed by atoms with E-state index in [1.807, 2.05) is 0 Å². The molecule has 2 heterocycles. The van der Waals surface area contributed by atoms with Crippen molar-refractivity contribution in [3.63, 3.8) is 0 Å². The molecule has 1 unspecified atom stereocenters. The van der Waals surface area contributed by atoms with Crippen LogP contribution in [-0.4, -0.2) is 37.4 Å². The zero-order chi connectivity index (χ0) is 27.3. The van der Waals surface area contributed by atoms with Crippen molar-refractivity contribution >= 4 is 35.2 Å². The molecule has 0 radical (unpaired) electrons. The third kappa shape index (κ3) is 5.45. The van der Waals surface area contributed by atoms with Crippen LogP contribution >= 0.6 is 0 Å². The number of aryl methyl sites for hydroxylation is 1. The minimum atomic E-state index is -3.71. The zero-order valence-corrected chi connectivity index (χ0v) is 24.7. The molecule has 0 saturated heterocycles. The van der Waals surface area contributed by atoms with Crippen molar-refractivity contribution in [2.75, 3.05) is 5.32 Å². The molecule has 5 rings (SSSR count). The van der Waals surface area contributed by atoms with Gasteiger partial charge in [0.05, 0.1) is 17.5 Å². The van der Waals surface area contributed by atoms with E-state index in [1.165, 1.54) is 11.1 Å². The average molecular weight is 554 g/mol. The van der Waals surface area contributed by atoms with Gasteiger partial charge in [0, 0.05) is 23.6 Å². The maximum absolute atomic E-state index is 11.7. The number of aromatic nitrogens is 3. The molecule has 0 aliphatic heterocycles. The molecule has 38 heavy (non-hydrogen) atoms. The van der Waals surface area contributed by atoms with Gasteiger partial charge < -0.3 is 14.3 Å². The van der Waals surface area contributed by atoms with E-state index in [0.717, 1.165) is 47.9 Å². The van der Waals surface area contributed by atoms with E-state index in [4.69, 9.17) is 9.56 Å². The first-order chi connectivity index (χ1) is 17.8. The first kappa shape index (κ1) is 27.0. The number of nitrogens with two attached hydrogens (primary N) is 1. The van der Waals surface area contributed by atoms with Crippen molar-refractivity contribution in [2.24, 2.45) is 11.1 Å². The predicted molar refractivity (Wildman–Crippen MR) is 155 cm³/mol. The van der Waals surface area contributed by atoms with E-state index in [2.05, 4.69) is 90.2 Å². The maximum Gasteiger partial charge on any atom is 0.230 e. The second-order valence-electron chi connectivity index (χ2n) is 12.2. The van der Waals surface area contributed by atoms with Gasteiger partial charge in [-0.2, -0.15) is 0 Å². The Morgan fingerprint density at radius 3 is 2.66 bits per heavy atom. The second-order valence-corrected chi connectivity index (χ2v) is 18.4. The van der Waals surface area contributed by atoms with Gasteiger partial charge in [-0.25, -0.2) is 23.5 Å². The smallest absolute Gasteiger partial charge is 0.230 e. The quantitative estimate of drug-likeness (QED) is 0.364. The summed E-state index contributed by atoms with van der Waals surface area (Å²) in [5, 5.41) is 11.1. The zero-order valence-electron chi connectivity index (χ0n) is 22.9. The Bertz CT molecular complexity index is 1460. The number of benzene rings is 1. The number of primary sulfonamides is 1. The normalized spacial score (nSPS) is 24.4. The number of rotatable bonds is 7. The SMILES string of the molecule is CC(C)(C)[Si](C)(C)O[C@@H]1C[C@H](n2ccc3c(N[C@H]4CCc5ccccc54)ncnc32)CC1/C=C/S(N)(=O)=O. The molecule has 3 aromatic rings. The van der Waals surface area contributed by atoms with Crippen LogP contribution < -0.4 is 10.5 Å². The summed E-state index contributed by atoms with van der Waals surface area (Å²) < 4.78 is 32.4. The van der Waals surface area contributed by atoms with Crippen LogP contribution in [0.4, 0.5) is 5.82 Å². The maximum atomic E-state index is 11.7. The summed E-state index contributed by atoms with van der Waals surface area (Å²) in [6, 6.07) is 11.0. The summed E-state index contributed by atoms with van der Waals surface area (Å²) in [5.74, 6) is 0.785. The molecule has 204 valence electrons. The van der Waals surface area contributed by atoms with E-state index in [0.29, 0.717) is 0 Å². The summed E-state index contributed by atoms with van der Waals surface area (Å²) in [6.07, 6.45) is 8.96. The van der Waals surface area contributed by atoms with Gasteiger partial charge in [0.25, 0.3) is 0 Å². The van der Waals surface area contributed by atoms with Gasteiger partial charge in [-0.15, -0.1) is 0 Å². The third-order valence-corrected chi connectivity index (χ3v) is 13.7. The van der Waals surface area contributed by atoms with Gasteiger partial charge in [0.15, 0.2) is 8.32 Å². The average Bonchev–Trinajstić information content (AvgIpc) is 3.54. The fraction of sp³-hybridized carbons (Fsp3) is 0.500. The molecule has 1 fully saturated rings. The molecular weight excluding hydrogens is 514 g/mol. The first-order valence-electron chi connectivity index (χ1n) is 13.4. The summed E-state index contributed by atoms with van der Waals surface area (Å²) >= 11 is 0. The Hall–Kier alpha value is -2.53. The lowest BCUT2D eigenvalue weighted by Gasteiger charge is -2.39. The van der Waals surface area contributed by atoms with Crippen LogP contribution in [-0.2, 0) is 20.9 Å². The van der Waals surface area contributed by atoms with Crippen LogP contribution in [0.3, 0.4) is 0 Å². The van der Waals surface area contributed by atoms with Crippen molar-refractivity contribution in [3.05, 3.63) is 65.5 Å². The van der Waals surface area contributed by atoms with Crippen LogP contribution in [0.25, 0.3) is 11.0 Å². The summed E-state index contributed by atoms with van der Waals surface area (Å²) in [4.78, 5) is 9.26. The molecule has 0 amide bonds. The number of hydrogen-bond donors (Lipinski definition) is 2. The van der Waals surface area contributed by atoms with Crippen molar-refractivity contribution in [1.29, 1.82) is 0 Å². The van der Waals surface area contributed by atoms with Gasteiger partial charge in [-0.05, 0) is 61.0 Å². The van der Waals surface area contributed by atoms with E-state index < -0.39 is 18.3 Å². The highest BCUT2D eigenvalue weighted by Gasteiger charge is 2.44. The molecular formula is C28H39N5O3SSi. The minimum absolute atomic E-state index is 0.0477. The summed E-state index contributed by atoms with van der Waals surface area (Å²) in [7, 11) is -5.79. The number of fused-ring (bicyclic) bond motifs is 2. The standard InChI is InChI=1S/C28H39N5O3SSi/c1-28(2,3)38(4,5)36-25-17-21(16-20(25)13-15-37(29,34)35)33-14-12-23-26(30-18-31-27(23)33)32-24-11-10-19-8-6-7-9-22(19)24/h6-9,12-15,18,20-21,24-25H,10-11,16-17H2,1-5H3,(H2,29,34,35)(H,30,31,32)/b15-13+/t20?,21-,24+,25-/m1/s1. The van der Waals surface area contributed by atoms with Crippen LogP contribution in [0.15, 0.2) is 54.3 Å². The molecule has 2 aliphatic rings. The van der Waals surface area contributed by atoms with Crippen LogP contribution in [0.1, 0.15) is 63.2 Å². The summed E-state index contributed by atoms with van der Waals surface area (Å²) in [5.41, 5.74) is 3.61. The van der Waals surface area contributed by atoms with E-state index in [1.54, 1.807) is 12.4 Å². The fourth-order valence-corrected chi connectivity index (χ4v) is 7.39. The Kier molecular flexibility index (Phi) is 7.04. The highest BCUT2D eigenvalue weighted by Crippen LogP contribution is 2.45.